The highest BCUT2D eigenvalue weighted by Crippen LogP contribution is 2.42. The molecule has 0 atom stereocenters. The molecular weight excluding hydrogens is 711 g/mol. The van der Waals surface area contributed by atoms with Crippen LogP contribution in [0.4, 0.5) is 17.1 Å². The zero-order chi connectivity index (χ0) is 37.7. The molecule has 57 heavy (non-hydrogen) atoms. The Morgan fingerprint density at radius 2 is 0.789 bits per heavy atom. The fourth-order valence-electron chi connectivity index (χ4n) is 8.22. The van der Waals surface area contributed by atoms with Crippen LogP contribution in [0.3, 0.4) is 0 Å². The molecule has 11 rings (SSSR count). The van der Waals surface area contributed by atoms with Crippen molar-refractivity contribution in [2.45, 2.75) is 0 Å². The predicted octanol–water partition coefficient (Wildman–Crippen LogP) is 16.1. The fourth-order valence-corrected chi connectivity index (χ4v) is 9.30. The summed E-state index contributed by atoms with van der Waals surface area (Å²) in [6, 6.07) is 76.3. The number of thiophene rings is 1. The van der Waals surface area contributed by atoms with Crippen LogP contribution in [0.1, 0.15) is 0 Å². The summed E-state index contributed by atoms with van der Waals surface area (Å²) in [4.78, 5) is 2.34. The van der Waals surface area contributed by atoms with E-state index in [1.165, 1.54) is 53.6 Å². The van der Waals surface area contributed by atoms with Gasteiger partial charge < -0.3 is 9.32 Å². The van der Waals surface area contributed by atoms with E-state index >= 15 is 0 Å². The molecule has 2 aromatic heterocycles. The minimum Gasteiger partial charge on any atom is -0.455 e. The lowest BCUT2D eigenvalue weighted by Crippen LogP contribution is -2.09. The SMILES string of the molecule is c1ccc(-c2ccc(N(c3ccc(-c4ccc5sc6ccccc6c5c4)cc3)c3ccc(-c4cc(-c5ccccc5)cc5c4oc4ccccc45)cc3)cc2)cc1. The second-order valence-electron chi connectivity index (χ2n) is 14.5. The minimum absolute atomic E-state index is 0.896. The lowest BCUT2D eigenvalue weighted by atomic mass is 9.95. The Labute approximate surface area is 335 Å². The Morgan fingerprint density at radius 3 is 1.46 bits per heavy atom. The number of anilines is 3. The maximum Gasteiger partial charge on any atom is 0.143 e. The van der Waals surface area contributed by atoms with E-state index in [4.69, 9.17) is 4.42 Å². The molecule has 0 amide bonds. The molecule has 268 valence electrons. The number of nitrogens with zero attached hydrogens (tertiary/aromatic N) is 1. The van der Waals surface area contributed by atoms with Gasteiger partial charge in [-0.2, -0.15) is 0 Å². The van der Waals surface area contributed by atoms with E-state index in [2.05, 4.69) is 211 Å². The molecule has 2 heterocycles. The highest BCUT2D eigenvalue weighted by atomic mass is 32.1. The van der Waals surface area contributed by atoms with Gasteiger partial charge in [0, 0.05) is 53.6 Å². The van der Waals surface area contributed by atoms with Gasteiger partial charge in [-0.1, -0.05) is 140 Å². The first kappa shape index (κ1) is 33.2. The average Bonchev–Trinajstić information content (AvgIpc) is 3.86. The Bertz CT molecular complexity index is 3200. The van der Waals surface area contributed by atoms with Crippen LogP contribution < -0.4 is 4.90 Å². The first-order valence-corrected chi connectivity index (χ1v) is 20.1. The van der Waals surface area contributed by atoms with Crippen LogP contribution in [-0.2, 0) is 0 Å². The molecule has 0 saturated heterocycles. The highest BCUT2D eigenvalue weighted by molar-refractivity contribution is 7.25. The minimum atomic E-state index is 0.896. The quantitative estimate of drug-likeness (QED) is 0.162. The highest BCUT2D eigenvalue weighted by Gasteiger charge is 2.18. The molecule has 0 radical (unpaired) electrons. The fraction of sp³-hybridized carbons (Fsp3) is 0. The van der Waals surface area contributed by atoms with Gasteiger partial charge in [0.1, 0.15) is 11.2 Å². The van der Waals surface area contributed by atoms with Gasteiger partial charge in [0.2, 0.25) is 0 Å². The van der Waals surface area contributed by atoms with E-state index in [1.54, 1.807) is 0 Å². The van der Waals surface area contributed by atoms with Gasteiger partial charge in [-0.3, -0.25) is 0 Å². The van der Waals surface area contributed by atoms with E-state index in [9.17, 15) is 0 Å². The normalized spacial score (nSPS) is 11.5. The van der Waals surface area contributed by atoms with Gasteiger partial charge in [-0.25, -0.2) is 0 Å². The smallest absolute Gasteiger partial charge is 0.143 e. The van der Waals surface area contributed by atoms with Crippen molar-refractivity contribution < 1.29 is 4.42 Å². The number of furan rings is 1. The van der Waals surface area contributed by atoms with Crippen molar-refractivity contribution in [1.82, 2.24) is 0 Å². The Balaban J connectivity index is 1.00. The van der Waals surface area contributed by atoms with Crippen molar-refractivity contribution in [3.05, 3.63) is 212 Å². The molecule has 0 aliphatic carbocycles. The summed E-state index contributed by atoms with van der Waals surface area (Å²) in [6.45, 7) is 0. The van der Waals surface area contributed by atoms with Crippen molar-refractivity contribution in [1.29, 1.82) is 0 Å². The first-order valence-electron chi connectivity index (χ1n) is 19.3. The van der Waals surface area contributed by atoms with Crippen LogP contribution in [0, 0.1) is 0 Å². The Morgan fingerprint density at radius 1 is 0.316 bits per heavy atom. The summed E-state index contributed by atoms with van der Waals surface area (Å²) in [5.74, 6) is 0. The Kier molecular flexibility index (Phi) is 8.04. The molecule has 0 unspecified atom stereocenters. The maximum absolute atomic E-state index is 6.57. The second kappa shape index (κ2) is 13.8. The van der Waals surface area contributed by atoms with E-state index in [1.807, 2.05) is 17.4 Å². The van der Waals surface area contributed by atoms with Gasteiger partial charge in [0.05, 0.1) is 0 Å². The summed E-state index contributed by atoms with van der Waals surface area (Å²) < 4.78 is 9.21. The van der Waals surface area contributed by atoms with Crippen LogP contribution in [0.25, 0.3) is 86.6 Å². The van der Waals surface area contributed by atoms with Crippen LogP contribution in [-0.4, -0.2) is 0 Å². The van der Waals surface area contributed by atoms with Gasteiger partial charge in [-0.05, 0) is 112 Å². The van der Waals surface area contributed by atoms with Crippen molar-refractivity contribution in [3.63, 3.8) is 0 Å². The molecular formula is C54H35NOS. The lowest BCUT2D eigenvalue weighted by molar-refractivity contribution is 0.670. The van der Waals surface area contributed by atoms with Crippen molar-refractivity contribution in [2.24, 2.45) is 0 Å². The molecule has 0 N–H and O–H groups in total. The van der Waals surface area contributed by atoms with Crippen molar-refractivity contribution in [2.75, 3.05) is 4.90 Å². The number of hydrogen-bond donors (Lipinski definition) is 0. The molecule has 9 aromatic carbocycles. The Hall–Kier alpha value is -7.20. The first-order chi connectivity index (χ1) is 28.2. The predicted molar refractivity (Wildman–Crippen MR) is 243 cm³/mol. The average molecular weight is 746 g/mol. The number of rotatable bonds is 7. The second-order valence-corrected chi connectivity index (χ2v) is 15.6. The molecule has 2 nitrogen and oxygen atoms in total. The zero-order valence-corrected chi connectivity index (χ0v) is 31.8. The largest absolute Gasteiger partial charge is 0.455 e. The molecule has 11 aromatic rings. The summed E-state index contributed by atoms with van der Waals surface area (Å²) in [6.07, 6.45) is 0. The zero-order valence-electron chi connectivity index (χ0n) is 31.0. The van der Waals surface area contributed by atoms with Gasteiger partial charge in [-0.15, -0.1) is 11.3 Å². The number of benzene rings is 9. The van der Waals surface area contributed by atoms with Crippen molar-refractivity contribution in [3.8, 4) is 44.5 Å². The summed E-state index contributed by atoms with van der Waals surface area (Å²) >= 11 is 1.85. The van der Waals surface area contributed by atoms with Crippen LogP contribution >= 0.6 is 11.3 Å². The molecule has 0 bridgehead atoms. The molecule has 3 heteroatoms. The van der Waals surface area contributed by atoms with Crippen LogP contribution in [0.15, 0.2) is 217 Å². The van der Waals surface area contributed by atoms with Crippen LogP contribution in [0.2, 0.25) is 0 Å². The van der Waals surface area contributed by atoms with Gasteiger partial charge >= 0.3 is 0 Å². The lowest BCUT2D eigenvalue weighted by Gasteiger charge is -2.26. The molecule has 0 saturated carbocycles. The maximum atomic E-state index is 6.57. The van der Waals surface area contributed by atoms with E-state index in [0.717, 1.165) is 50.1 Å². The van der Waals surface area contributed by atoms with Crippen LogP contribution in [0.5, 0.6) is 0 Å². The monoisotopic (exact) mass is 745 g/mol. The third kappa shape index (κ3) is 5.97. The van der Waals surface area contributed by atoms with Gasteiger partial charge in [0.25, 0.3) is 0 Å². The number of para-hydroxylation sites is 1. The number of fused-ring (bicyclic) bond motifs is 6. The molecule has 0 spiro atoms. The van der Waals surface area contributed by atoms with E-state index in [-0.39, 0.29) is 0 Å². The summed E-state index contributed by atoms with van der Waals surface area (Å²) in [7, 11) is 0. The van der Waals surface area contributed by atoms with Crippen molar-refractivity contribution >= 4 is 70.5 Å². The van der Waals surface area contributed by atoms with E-state index in [0.29, 0.717) is 0 Å². The number of hydrogen-bond acceptors (Lipinski definition) is 3. The summed E-state index contributed by atoms with van der Waals surface area (Å²) in [5, 5.41) is 4.88. The topological polar surface area (TPSA) is 16.4 Å². The third-order valence-corrected chi connectivity index (χ3v) is 12.2. The summed E-state index contributed by atoms with van der Waals surface area (Å²) in [5.41, 5.74) is 14.4. The van der Waals surface area contributed by atoms with E-state index < -0.39 is 0 Å². The molecule has 0 aliphatic rings. The van der Waals surface area contributed by atoms with Gasteiger partial charge in [0.15, 0.2) is 0 Å². The molecule has 0 aliphatic heterocycles. The standard InChI is InChI=1S/C54H35NOS/c1-3-11-36(12-4-1)38-19-26-43(27-20-38)55(44-28-21-39(22-29-44)41-25-32-53-49(33-41)47-16-8-10-18-52(47)57-53)45-30-23-40(24-31-45)48-34-42(37-13-5-2-6-14-37)35-50-46-15-7-9-17-51(46)56-54(48)50/h1-35H. The third-order valence-electron chi connectivity index (χ3n) is 11.1. The molecule has 0 fully saturated rings.